The number of para-hydroxylation sites is 2. The smallest absolute Gasteiger partial charge is 0.159 e. The maximum atomic E-state index is 6.87. The van der Waals surface area contributed by atoms with E-state index in [4.69, 9.17) is 4.42 Å². The van der Waals surface area contributed by atoms with E-state index >= 15 is 0 Å². The Balaban J connectivity index is 1.18. The first-order chi connectivity index (χ1) is 28.3. The third-order valence-electron chi connectivity index (χ3n) is 12.9. The molecular weight excluding hydrogens is 691 g/mol. The molecule has 0 fully saturated rings. The summed E-state index contributed by atoms with van der Waals surface area (Å²) in [5, 5.41) is 9.66. The largest absolute Gasteiger partial charge is 0.454 e. The Morgan fingerprint density at radius 1 is 0.333 bits per heavy atom. The summed E-state index contributed by atoms with van der Waals surface area (Å²) in [5.74, 6) is 0. The zero-order chi connectivity index (χ0) is 37.2. The number of hydrogen-bond donors (Lipinski definition) is 0. The molecule has 1 spiro atoms. The fourth-order valence-corrected chi connectivity index (χ4v) is 10.7. The van der Waals surface area contributed by atoms with Gasteiger partial charge in [-0.3, -0.25) is 0 Å². The van der Waals surface area contributed by atoms with Crippen molar-refractivity contribution in [2.75, 3.05) is 4.90 Å². The van der Waals surface area contributed by atoms with Gasteiger partial charge < -0.3 is 9.32 Å². The van der Waals surface area contributed by atoms with Crippen LogP contribution >= 0.6 is 0 Å². The quantitative estimate of drug-likeness (QED) is 0.169. The highest BCUT2D eigenvalue weighted by molar-refractivity contribution is 6.29. The molecule has 0 atom stereocenters. The van der Waals surface area contributed by atoms with Gasteiger partial charge >= 0.3 is 0 Å². The maximum Gasteiger partial charge on any atom is 0.159 e. The van der Waals surface area contributed by atoms with Crippen molar-refractivity contribution in [3.05, 3.63) is 222 Å². The van der Waals surface area contributed by atoms with E-state index in [0.717, 1.165) is 39.0 Å². The molecule has 2 nitrogen and oxygen atoms in total. The second-order valence-electron chi connectivity index (χ2n) is 15.5. The molecule has 0 aliphatic heterocycles. The van der Waals surface area contributed by atoms with Crippen LogP contribution in [0.25, 0.3) is 76.5 Å². The molecule has 0 saturated carbocycles. The minimum absolute atomic E-state index is 0.464. The first-order valence-electron chi connectivity index (χ1n) is 19.8. The van der Waals surface area contributed by atoms with E-state index in [0.29, 0.717) is 0 Å². The molecule has 57 heavy (non-hydrogen) atoms. The molecule has 1 aromatic heterocycles. The van der Waals surface area contributed by atoms with Crippen molar-refractivity contribution >= 4 is 71.3 Å². The van der Waals surface area contributed by atoms with E-state index in [2.05, 4.69) is 205 Å². The van der Waals surface area contributed by atoms with Crippen LogP contribution in [-0.2, 0) is 5.41 Å². The minimum atomic E-state index is -0.464. The minimum Gasteiger partial charge on any atom is -0.454 e. The Bertz CT molecular complexity index is 3390. The van der Waals surface area contributed by atoms with E-state index in [-0.39, 0.29) is 0 Å². The monoisotopic (exact) mass is 723 g/mol. The lowest BCUT2D eigenvalue weighted by molar-refractivity contribution is 0.669. The molecule has 0 saturated heterocycles. The zero-order valence-corrected chi connectivity index (χ0v) is 30.9. The highest BCUT2D eigenvalue weighted by Crippen LogP contribution is 2.63. The van der Waals surface area contributed by atoms with Crippen LogP contribution in [0.1, 0.15) is 22.3 Å². The molecule has 11 aromatic rings. The molecule has 0 amide bonds. The number of furan rings is 1. The Hall–Kier alpha value is -7.42. The topological polar surface area (TPSA) is 16.4 Å². The van der Waals surface area contributed by atoms with Gasteiger partial charge in [0.1, 0.15) is 5.58 Å². The Morgan fingerprint density at radius 3 is 1.42 bits per heavy atom. The molecule has 264 valence electrons. The van der Waals surface area contributed by atoms with Crippen LogP contribution in [0.4, 0.5) is 17.1 Å². The molecule has 2 aliphatic rings. The molecule has 0 bridgehead atoms. The van der Waals surface area contributed by atoms with Crippen LogP contribution in [0.2, 0.25) is 0 Å². The predicted octanol–water partition coefficient (Wildman–Crippen LogP) is 14.9. The van der Waals surface area contributed by atoms with Crippen LogP contribution in [0.15, 0.2) is 205 Å². The standard InChI is InChI=1S/C55H33NO/c1-2-16-37-35(15-1)36-17-3-4-22-43(36)53-44(37)23-13-28-50(53)56(51-29-14-24-45-42-21-8-12-30-52(42)57-54(45)51)34-31-32-41-40-20-7-11-27-48(40)55(49(41)33-34)46-25-9-5-18-38(46)39-19-6-10-26-47(39)55/h1-33H. The van der Waals surface area contributed by atoms with Gasteiger partial charge in [0, 0.05) is 21.8 Å². The molecule has 2 heteroatoms. The first-order valence-corrected chi connectivity index (χ1v) is 19.8. The van der Waals surface area contributed by atoms with Gasteiger partial charge in [-0.2, -0.15) is 0 Å². The van der Waals surface area contributed by atoms with Crippen molar-refractivity contribution in [3.63, 3.8) is 0 Å². The number of nitrogens with zero attached hydrogens (tertiary/aromatic N) is 1. The lowest BCUT2D eigenvalue weighted by Gasteiger charge is -2.32. The molecule has 1 heterocycles. The summed E-state index contributed by atoms with van der Waals surface area (Å²) in [6.45, 7) is 0. The van der Waals surface area contributed by atoms with Crippen molar-refractivity contribution in [2.24, 2.45) is 0 Å². The van der Waals surface area contributed by atoms with Gasteiger partial charge in [0.15, 0.2) is 5.58 Å². The number of hydrogen-bond acceptors (Lipinski definition) is 2. The number of fused-ring (bicyclic) bond motifs is 19. The summed E-state index contributed by atoms with van der Waals surface area (Å²) in [7, 11) is 0. The fraction of sp³-hybridized carbons (Fsp3) is 0.0182. The van der Waals surface area contributed by atoms with Crippen molar-refractivity contribution < 1.29 is 4.42 Å². The van der Waals surface area contributed by atoms with Crippen molar-refractivity contribution in [1.29, 1.82) is 0 Å². The molecular formula is C55H33NO. The lowest BCUT2D eigenvalue weighted by Crippen LogP contribution is -2.26. The normalized spacial score (nSPS) is 13.4. The van der Waals surface area contributed by atoms with Crippen molar-refractivity contribution in [1.82, 2.24) is 0 Å². The Kier molecular flexibility index (Phi) is 6.13. The van der Waals surface area contributed by atoms with E-state index in [1.54, 1.807) is 0 Å². The SMILES string of the molecule is c1ccc2c(c1)-c1ccccc1C21c2ccccc2-c2ccc(N(c3cccc4c3oc3ccccc34)c3cccc4c5ccccc5c5ccccc5c34)cc21. The van der Waals surface area contributed by atoms with E-state index in [1.807, 2.05) is 0 Å². The molecule has 0 radical (unpaired) electrons. The van der Waals surface area contributed by atoms with Gasteiger partial charge in [0.05, 0.1) is 16.8 Å². The van der Waals surface area contributed by atoms with Crippen molar-refractivity contribution in [3.8, 4) is 22.3 Å². The fourth-order valence-electron chi connectivity index (χ4n) is 10.7. The highest BCUT2D eigenvalue weighted by atomic mass is 16.3. The molecule has 10 aromatic carbocycles. The zero-order valence-electron chi connectivity index (χ0n) is 30.9. The van der Waals surface area contributed by atoms with Crippen LogP contribution in [0, 0.1) is 0 Å². The van der Waals surface area contributed by atoms with Gasteiger partial charge in [-0.05, 0) is 102 Å². The second kappa shape index (κ2) is 11.3. The predicted molar refractivity (Wildman–Crippen MR) is 237 cm³/mol. The number of benzene rings is 10. The van der Waals surface area contributed by atoms with Gasteiger partial charge in [0.2, 0.25) is 0 Å². The summed E-state index contributed by atoms with van der Waals surface area (Å²) in [5.41, 5.74) is 15.0. The van der Waals surface area contributed by atoms with Crippen LogP contribution in [-0.4, -0.2) is 0 Å². The van der Waals surface area contributed by atoms with Crippen LogP contribution in [0.5, 0.6) is 0 Å². The Morgan fingerprint density at radius 2 is 0.789 bits per heavy atom. The second-order valence-corrected chi connectivity index (χ2v) is 15.5. The molecule has 0 N–H and O–H groups in total. The third-order valence-corrected chi connectivity index (χ3v) is 12.9. The first kappa shape index (κ1) is 30.9. The maximum absolute atomic E-state index is 6.87. The molecule has 13 rings (SSSR count). The summed E-state index contributed by atoms with van der Waals surface area (Å²) in [6.07, 6.45) is 0. The third kappa shape index (κ3) is 3.94. The summed E-state index contributed by atoms with van der Waals surface area (Å²) < 4.78 is 6.87. The van der Waals surface area contributed by atoms with Gasteiger partial charge in [-0.15, -0.1) is 0 Å². The Labute approximate surface area is 329 Å². The van der Waals surface area contributed by atoms with Gasteiger partial charge in [-0.1, -0.05) is 170 Å². The van der Waals surface area contributed by atoms with E-state index in [1.165, 1.54) is 76.8 Å². The van der Waals surface area contributed by atoms with E-state index in [9.17, 15) is 0 Å². The number of rotatable bonds is 3. The average Bonchev–Trinajstić information content (AvgIpc) is 3.91. The van der Waals surface area contributed by atoms with E-state index < -0.39 is 5.41 Å². The molecule has 2 aliphatic carbocycles. The molecule has 0 unspecified atom stereocenters. The van der Waals surface area contributed by atoms with Crippen LogP contribution in [0.3, 0.4) is 0 Å². The average molecular weight is 724 g/mol. The van der Waals surface area contributed by atoms with Crippen LogP contribution < -0.4 is 4.90 Å². The summed E-state index contributed by atoms with van der Waals surface area (Å²) in [4.78, 5) is 2.47. The highest BCUT2D eigenvalue weighted by Gasteiger charge is 2.51. The lowest BCUT2D eigenvalue weighted by atomic mass is 9.70. The number of anilines is 3. The summed E-state index contributed by atoms with van der Waals surface area (Å²) in [6, 6.07) is 73.8. The van der Waals surface area contributed by atoms with Gasteiger partial charge in [0.25, 0.3) is 0 Å². The summed E-state index contributed by atoms with van der Waals surface area (Å²) >= 11 is 0. The van der Waals surface area contributed by atoms with Gasteiger partial charge in [-0.25, -0.2) is 0 Å². The van der Waals surface area contributed by atoms with Crippen molar-refractivity contribution in [2.45, 2.75) is 5.41 Å².